The molecule has 0 spiro atoms. The second-order valence-electron chi connectivity index (χ2n) is 3.67. The van der Waals surface area contributed by atoms with Crippen molar-refractivity contribution < 1.29 is 22.3 Å². The number of alkyl halides is 2. The first kappa shape index (κ1) is 15.0. The van der Waals surface area contributed by atoms with E-state index in [0.717, 1.165) is 0 Å². The summed E-state index contributed by atoms with van der Waals surface area (Å²) in [6.45, 7) is 3.25. The van der Waals surface area contributed by atoms with Gasteiger partial charge in [0.15, 0.2) is 5.03 Å². The molecule has 2 N–H and O–H groups in total. The van der Waals surface area contributed by atoms with Gasteiger partial charge in [0.1, 0.15) is 11.9 Å². The molecule has 1 aromatic heterocycles. The minimum absolute atomic E-state index is 0.247. The average Bonchev–Trinajstić information content (AvgIpc) is 2.68. The number of nitrogens with zero attached hydrogens (tertiary/aromatic N) is 2. The van der Waals surface area contributed by atoms with Gasteiger partial charge in [-0.15, -0.1) is 0 Å². The van der Waals surface area contributed by atoms with Gasteiger partial charge in [0, 0.05) is 19.3 Å². The molecule has 1 aromatic rings. The van der Waals surface area contributed by atoms with Crippen molar-refractivity contribution in [2.75, 3.05) is 6.54 Å². The molecular formula is C9H15F2N3O3S. The molecule has 0 saturated heterocycles. The van der Waals surface area contributed by atoms with Crippen LogP contribution in [-0.2, 0) is 16.6 Å². The number of aryl methyl sites for hydroxylation is 2. The van der Waals surface area contributed by atoms with E-state index in [2.05, 4.69) is 4.98 Å². The Labute approximate surface area is 104 Å². The quantitative estimate of drug-likeness (QED) is 0.776. The fraction of sp³-hybridized carbons (Fsp3) is 0.667. The molecule has 9 heteroatoms. The number of aromatic nitrogens is 2. The highest BCUT2D eigenvalue weighted by Gasteiger charge is 2.23. The molecule has 1 heterocycles. The molecular weight excluding hydrogens is 268 g/mol. The predicted molar refractivity (Wildman–Crippen MR) is 59.8 cm³/mol. The molecule has 0 aromatic carbocycles. The van der Waals surface area contributed by atoms with Gasteiger partial charge in [-0.25, -0.2) is 26.9 Å². The smallest absolute Gasteiger partial charge is 0.265 e. The van der Waals surface area contributed by atoms with Crippen molar-refractivity contribution in [1.82, 2.24) is 14.3 Å². The Hall–Kier alpha value is -1.06. The molecule has 0 aliphatic carbocycles. The summed E-state index contributed by atoms with van der Waals surface area (Å²) in [5.41, 5.74) is 0. The summed E-state index contributed by atoms with van der Waals surface area (Å²) >= 11 is 0. The third-order valence-corrected chi connectivity index (χ3v) is 3.64. The maximum absolute atomic E-state index is 12.0. The van der Waals surface area contributed by atoms with Crippen molar-refractivity contribution in [1.29, 1.82) is 0 Å². The van der Waals surface area contributed by atoms with E-state index in [4.69, 9.17) is 5.11 Å². The molecule has 18 heavy (non-hydrogen) atoms. The molecule has 0 aliphatic heterocycles. The molecule has 0 radical (unpaired) electrons. The van der Waals surface area contributed by atoms with Crippen LogP contribution in [0.2, 0.25) is 0 Å². The van der Waals surface area contributed by atoms with E-state index in [9.17, 15) is 17.2 Å². The summed E-state index contributed by atoms with van der Waals surface area (Å²) in [5.74, 6) is 0.507. The van der Waals surface area contributed by atoms with Gasteiger partial charge in [0.2, 0.25) is 0 Å². The van der Waals surface area contributed by atoms with Crippen molar-refractivity contribution >= 4 is 10.0 Å². The molecule has 6 nitrogen and oxygen atoms in total. The minimum atomic E-state index is -3.98. The number of aliphatic hydroxyl groups excluding tert-OH is 1. The predicted octanol–water partition coefficient (Wildman–Crippen LogP) is 0.116. The van der Waals surface area contributed by atoms with E-state index in [1.807, 2.05) is 11.6 Å². The average molecular weight is 283 g/mol. The van der Waals surface area contributed by atoms with Gasteiger partial charge in [-0.1, -0.05) is 0 Å². The summed E-state index contributed by atoms with van der Waals surface area (Å²) in [6.07, 6.45) is -3.72. The van der Waals surface area contributed by atoms with Crippen molar-refractivity contribution in [2.24, 2.45) is 0 Å². The number of rotatable bonds is 6. The van der Waals surface area contributed by atoms with Crippen LogP contribution in [0.1, 0.15) is 12.7 Å². The van der Waals surface area contributed by atoms with Crippen molar-refractivity contribution in [2.45, 2.75) is 37.9 Å². The maximum atomic E-state index is 12.0. The molecule has 1 unspecified atom stereocenters. The second kappa shape index (κ2) is 5.72. The molecule has 0 bridgehead atoms. The van der Waals surface area contributed by atoms with Crippen LogP contribution in [0.25, 0.3) is 0 Å². The number of hydrogen-bond acceptors (Lipinski definition) is 4. The van der Waals surface area contributed by atoms with Crippen molar-refractivity contribution in [3.63, 3.8) is 0 Å². The summed E-state index contributed by atoms with van der Waals surface area (Å²) in [5, 5.41) is 8.59. The largest absolute Gasteiger partial charge is 0.386 e. The molecule has 0 aliphatic rings. The molecule has 0 saturated carbocycles. The van der Waals surface area contributed by atoms with Crippen LogP contribution in [0.4, 0.5) is 8.78 Å². The van der Waals surface area contributed by atoms with Crippen molar-refractivity contribution in [3.8, 4) is 0 Å². The first-order valence-corrected chi connectivity index (χ1v) is 6.76. The van der Waals surface area contributed by atoms with Crippen LogP contribution in [-0.4, -0.2) is 42.1 Å². The lowest BCUT2D eigenvalue weighted by atomic mass is 10.4. The van der Waals surface area contributed by atoms with Gasteiger partial charge < -0.3 is 9.67 Å². The molecule has 1 rings (SSSR count). The Morgan fingerprint density at radius 3 is 2.61 bits per heavy atom. The van der Waals surface area contributed by atoms with E-state index in [0.29, 0.717) is 12.4 Å². The summed E-state index contributed by atoms with van der Waals surface area (Å²) in [4.78, 5) is 3.82. The molecule has 0 fully saturated rings. The summed E-state index contributed by atoms with van der Waals surface area (Å²) in [7, 11) is -3.98. The fourth-order valence-electron chi connectivity index (χ4n) is 1.29. The normalized spacial score (nSPS) is 14.1. The summed E-state index contributed by atoms with van der Waals surface area (Å²) < 4.78 is 50.9. The van der Waals surface area contributed by atoms with E-state index in [1.165, 1.54) is 6.20 Å². The van der Waals surface area contributed by atoms with E-state index in [-0.39, 0.29) is 5.03 Å². The Balaban J connectivity index is 2.80. The third-order valence-electron chi connectivity index (χ3n) is 2.34. The Kier molecular flexibility index (Phi) is 4.77. The monoisotopic (exact) mass is 283 g/mol. The zero-order chi connectivity index (χ0) is 13.9. The SMILES string of the molecule is CCn1cc(S(=O)(=O)NCC(O)C(F)F)nc1C. The van der Waals surface area contributed by atoms with Crippen molar-refractivity contribution in [3.05, 3.63) is 12.0 Å². The number of imidazole rings is 1. The van der Waals surface area contributed by atoms with Crippen LogP contribution in [0.15, 0.2) is 11.2 Å². The number of hydrogen-bond donors (Lipinski definition) is 2. The Morgan fingerprint density at radius 1 is 1.56 bits per heavy atom. The van der Waals surface area contributed by atoms with Gasteiger partial charge >= 0.3 is 0 Å². The van der Waals surface area contributed by atoms with Crippen LogP contribution in [0.3, 0.4) is 0 Å². The lowest BCUT2D eigenvalue weighted by Crippen LogP contribution is -2.36. The number of halogens is 2. The minimum Gasteiger partial charge on any atom is -0.386 e. The second-order valence-corrected chi connectivity index (χ2v) is 5.38. The van der Waals surface area contributed by atoms with E-state index < -0.39 is 29.1 Å². The molecule has 1 atom stereocenters. The highest BCUT2D eigenvalue weighted by molar-refractivity contribution is 7.89. The topological polar surface area (TPSA) is 84.2 Å². The molecule has 0 amide bonds. The van der Waals surface area contributed by atoms with Gasteiger partial charge in [-0.3, -0.25) is 0 Å². The first-order chi connectivity index (χ1) is 8.27. The number of sulfonamides is 1. The highest BCUT2D eigenvalue weighted by Crippen LogP contribution is 2.09. The Morgan fingerprint density at radius 2 is 2.17 bits per heavy atom. The van der Waals surface area contributed by atoms with E-state index in [1.54, 1.807) is 11.5 Å². The van der Waals surface area contributed by atoms with Crippen LogP contribution in [0.5, 0.6) is 0 Å². The molecule has 104 valence electrons. The maximum Gasteiger partial charge on any atom is 0.265 e. The van der Waals surface area contributed by atoms with Crippen LogP contribution >= 0.6 is 0 Å². The summed E-state index contributed by atoms with van der Waals surface area (Å²) in [6, 6.07) is 0. The Bertz CT molecular complexity index is 501. The zero-order valence-electron chi connectivity index (χ0n) is 9.97. The zero-order valence-corrected chi connectivity index (χ0v) is 10.8. The third kappa shape index (κ3) is 3.47. The number of nitrogens with one attached hydrogen (secondary N) is 1. The lowest BCUT2D eigenvalue weighted by Gasteiger charge is -2.09. The van der Waals surface area contributed by atoms with Gasteiger partial charge in [0.05, 0.1) is 0 Å². The number of aliphatic hydroxyl groups is 1. The van der Waals surface area contributed by atoms with Crippen LogP contribution < -0.4 is 4.72 Å². The van der Waals surface area contributed by atoms with Gasteiger partial charge in [-0.05, 0) is 13.8 Å². The first-order valence-electron chi connectivity index (χ1n) is 5.27. The standard InChI is InChI=1S/C9H15F2N3O3S/c1-3-14-5-8(13-6(14)2)18(16,17)12-4-7(15)9(10)11/h5,7,9,12,15H,3-4H2,1-2H3. The van der Waals surface area contributed by atoms with E-state index >= 15 is 0 Å². The highest BCUT2D eigenvalue weighted by atomic mass is 32.2. The lowest BCUT2D eigenvalue weighted by molar-refractivity contribution is -0.000458. The fourth-order valence-corrected chi connectivity index (χ4v) is 2.34. The van der Waals surface area contributed by atoms with Gasteiger partial charge in [-0.2, -0.15) is 0 Å². The van der Waals surface area contributed by atoms with Gasteiger partial charge in [0.25, 0.3) is 16.4 Å². The van der Waals surface area contributed by atoms with Crippen LogP contribution in [0, 0.1) is 6.92 Å².